The van der Waals surface area contributed by atoms with Crippen molar-refractivity contribution in [3.63, 3.8) is 0 Å². The van der Waals surface area contributed by atoms with Gasteiger partial charge in [-0.3, -0.25) is 9.58 Å². The Hall–Kier alpha value is -0.870. The van der Waals surface area contributed by atoms with Gasteiger partial charge in [0.2, 0.25) is 0 Å². The van der Waals surface area contributed by atoms with Crippen molar-refractivity contribution < 1.29 is 0 Å². The summed E-state index contributed by atoms with van der Waals surface area (Å²) < 4.78 is 2.11. The van der Waals surface area contributed by atoms with Gasteiger partial charge in [0.25, 0.3) is 0 Å². The number of likely N-dealkylation sites (tertiary alicyclic amines) is 1. The highest BCUT2D eigenvalue weighted by Gasteiger charge is 2.34. The molecule has 96 valence electrons. The van der Waals surface area contributed by atoms with Crippen molar-refractivity contribution in [1.29, 1.82) is 0 Å². The van der Waals surface area contributed by atoms with Crippen molar-refractivity contribution in [3.05, 3.63) is 18.0 Å². The Morgan fingerprint density at radius 1 is 1.41 bits per heavy atom. The molecule has 0 radical (unpaired) electrons. The predicted octanol–water partition coefficient (Wildman–Crippen LogP) is 1.78. The third-order valence-corrected chi connectivity index (χ3v) is 3.54. The molecule has 4 nitrogen and oxygen atoms in total. The molecule has 0 bridgehead atoms. The summed E-state index contributed by atoms with van der Waals surface area (Å²) in [6, 6.07) is 2.67. The lowest BCUT2D eigenvalue weighted by Crippen LogP contribution is -2.64. The molecule has 0 amide bonds. The van der Waals surface area contributed by atoms with E-state index in [9.17, 15) is 0 Å². The van der Waals surface area contributed by atoms with Gasteiger partial charge < -0.3 is 5.73 Å². The van der Waals surface area contributed by atoms with E-state index in [2.05, 4.69) is 47.7 Å². The van der Waals surface area contributed by atoms with Crippen LogP contribution in [0.15, 0.2) is 12.3 Å². The van der Waals surface area contributed by atoms with Crippen molar-refractivity contribution in [3.8, 4) is 0 Å². The van der Waals surface area contributed by atoms with Crippen LogP contribution >= 0.6 is 0 Å². The van der Waals surface area contributed by atoms with Gasteiger partial charge in [0.05, 0.1) is 11.7 Å². The summed E-state index contributed by atoms with van der Waals surface area (Å²) in [5.41, 5.74) is 7.17. The lowest BCUT2D eigenvalue weighted by molar-refractivity contribution is 0.0748. The van der Waals surface area contributed by atoms with Crippen LogP contribution in [0, 0.1) is 0 Å². The maximum Gasteiger partial charge on any atom is 0.0764 e. The Morgan fingerprint density at radius 2 is 2.06 bits per heavy atom. The molecule has 1 aliphatic rings. The first-order valence-corrected chi connectivity index (χ1v) is 6.59. The molecule has 2 N–H and O–H groups in total. The second-order valence-corrected chi connectivity index (χ2v) is 5.56. The topological polar surface area (TPSA) is 47.1 Å². The highest BCUT2D eigenvalue weighted by Crippen LogP contribution is 2.20. The van der Waals surface area contributed by atoms with E-state index >= 15 is 0 Å². The van der Waals surface area contributed by atoms with Crippen molar-refractivity contribution in [2.45, 2.75) is 51.7 Å². The van der Waals surface area contributed by atoms with Crippen LogP contribution in [0.2, 0.25) is 0 Å². The molecule has 0 aromatic carbocycles. The maximum atomic E-state index is 5.99. The van der Waals surface area contributed by atoms with E-state index in [1.165, 1.54) is 0 Å². The number of nitrogens with two attached hydrogens (primary N) is 1. The van der Waals surface area contributed by atoms with Gasteiger partial charge in [-0.2, -0.15) is 5.10 Å². The van der Waals surface area contributed by atoms with E-state index in [0.29, 0.717) is 6.04 Å². The largest absolute Gasteiger partial charge is 0.323 e. The van der Waals surface area contributed by atoms with Gasteiger partial charge in [0.1, 0.15) is 0 Å². The normalized spacial score (nSPS) is 19.6. The van der Waals surface area contributed by atoms with E-state index in [1.54, 1.807) is 0 Å². The van der Waals surface area contributed by atoms with Crippen LogP contribution in [-0.2, 0) is 6.54 Å². The smallest absolute Gasteiger partial charge is 0.0764 e. The summed E-state index contributed by atoms with van der Waals surface area (Å²) in [5, 5.41) is 4.66. The van der Waals surface area contributed by atoms with Crippen LogP contribution in [0.3, 0.4) is 0 Å². The van der Waals surface area contributed by atoms with Gasteiger partial charge in [-0.15, -0.1) is 0 Å². The zero-order valence-electron chi connectivity index (χ0n) is 11.2. The molecule has 0 atom stereocenters. The van der Waals surface area contributed by atoms with E-state index < -0.39 is 0 Å². The highest BCUT2D eigenvalue weighted by atomic mass is 15.3. The van der Waals surface area contributed by atoms with E-state index in [-0.39, 0.29) is 5.54 Å². The lowest BCUT2D eigenvalue weighted by atomic mass is 9.94. The molecule has 0 spiro atoms. The number of rotatable bonds is 5. The zero-order chi connectivity index (χ0) is 12.5. The quantitative estimate of drug-likeness (QED) is 0.847. The summed E-state index contributed by atoms with van der Waals surface area (Å²) in [6.07, 6.45) is 4.39. The van der Waals surface area contributed by atoms with Crippen LogP contribution in [-0.4, -0.2) is 33.3 Å². The van der Waals surface area contributed by atoms with Gasteiger partial charge in [-0.25, -0.2) is 0 Å². The Kier molecular flexibility index (Phi) is 3.54. The summed E-state index contributed by atoms with van der Waals surface area (Å²) in [5.74, 6) is 0. The molecule has 0 saturated carbocycles. The maximum absolute atomic E-state index is 5.99. The SMILES string of the molecule is CCC(CC)n1ccc(CN2CC(C)(N)C2)n1. The van der Waals surface area contributed by atoms with Crippen molar-refractivity contribution in [2.24, 2.45) is 5.73 Å². The average Bonchev–Trinajstić information content (AvgIpc) is 2.66. The molecule has 2 heterocycles. The predicted molar refractivity (Wildman–Crippen MR) is 69.7 cm³/mol. The van der Waals surface area contributed by atoms with Crippen molar-refractivity contribution in [1.82, 2.24) is 14.7 Å². The summed E-state index contributed by atoms with van der Waals surface area (Å²) in [7, 11) is 0. The molecular weight excluding hydrogens is 212 g/mol. The monoisotopic (exact) mass is 236 g/mol. The van der Waals surface area contributed by atoms with Crippen LogP contribution in [0.1, 0.15) is 45.3 Å². The first-order chi connectivity index (χ1) is 8.04. The molecule has 4 heteroatoms. The fraction of sp³-hybridized carbons (Fsp3) is 0.769. The number of nitrogens with zero attached hydrogens (tertiary/aromatic N) is 3. The standard InChI is InChI=1S/C13H24N4/c1-4-12(5-2)17-7-6-11(15-17)8-16-9-13(3,14)10-16/h6-7,12H,4-5,8-10,14H2,1-3H3. The Balaban J connectivity index is 1.91. The third-order valence-electron chi connectivity index (χ3n) is 3.54. The number of hydrogen-bond acceptors (Lipinski definition) is 3. The van der Waals surface area contributed by atoms with E-state index in [0.717, 1.165) is 38.2 Å². The van der Waals surface area contributed by atoms with E-state index in [1.807, 2.05) is 0 Å². The summed E-state index contributed by atoms with van der Waals surface area (Å²) in [6.45, 7) is 9.41. The molecule has 0 unspecified atom stereocenters. The molecule has 1 aromatic heterocycles. The fourth-order valence-corrected chi connectivity index (χ4v) is 2.64. The van der Waals surface area contributed by atoms with Gasteiger partial charge in [-0.1, -0.05) is 13.8 Å². The van der Waals surface area contributed by atoms with Crippen molar-refractivity contribution in [2.75, 3.05) is 13.1 Å². The van der Waals surface area contributed by atoms with Gasteiger partial charge >= 0.3 is 0 Å². The molecule has 17 heavy (non-hydrogen) atoms. The summed E-state index contributed by atoms with van der Waals surface area (Å²) in [4.78, 5) is 2.35. The molecule has 1 aromatic rings. The second kappa shape index (κ2) is 4.78. The first kappa shape index (κ1) is 12.6. The molecular formula is C13H24N4. The average molecular weight is 236 g/mol. The van der Waals surface area contributed by atoms with Gasteiger partial charge in [0.15, 0.2) is 0 Å². The molecule has 2 rings (SSSR count). The summed E-state index contributed by atoms with van der Waals surface area (Å²) >= 11 is 0. The first-order valence-electron chi connectivity index (χ1n) is 6.59. The fourth-order valence-electron chi connectivity index (χ4n) is 2.64. The highest BCUT2D eigenvalue weighted by molar-refractivity contribution is 5.04. The third kappa shape index (κ3) is 2.87. The minimum atomic E-state index is 0.0118. The second-order valence-electron chi connectivity index (χ2n) is 5.56. The minimum absolute atomic E-state index is 0.0118. The molecule has 1 fully saturated rings. The Labute approximate surface area is 104 Å². The number of hydrogen-bond donors (Lipinski definition) is 1. The molecule has 1 aliphatic heterocycles. The molecule has 0 aliphatic carbocycles. The number of aromatic nitrogens is 2. The van der Waals surface area contributed by atoms with Crippen LogP contribution < -0.4 is 5.73 Å². The lowest BCUT2D eigenvalue weighted by Gasteiger charge is -2.45. The van der Waals surface area contributed by atoms with Crippen LogP contribution in [0.4, 0.5) is 0 Å². The Bertz CT molecular complexity index is 357. The van der Waals surface area contributed by atoms with Gasteiger partial charge in [0, 0.05) is 31.4 Å². The van der Waals surface area contributed by atoms with E-state index in [4.69, 9.17) is 5.73 Å². The Morgan fingerprint density at radius 3 is 2.59 bits per heavy atom. The van der Waals surface area contributed by atoms with Crippen molar-refractivity contribution >= 4 is 0 Å². The van der Waals surface area contributed by atoms with Crippen LogP contribution in [0.5, 0.6) is 0 Å². The molecule has 1 saturated heterocycles. The zero-order valence-corrected chi connectivity index (χ0v) is 11.2. The minimum Gasteiger partial charge on any atom is -0.323 e. The van der Waals surface area contributed by atoms with Gasteiger partial charge in [-0.05, 0) is 25.8 Å². The van der Waals surface area contributed by atoms with Crippen LogP contribution in [0.25, 0.3) is 0 Å².